The fraction of sp³-hybridized carbons (Fsp3) is 0.316. The molecule has 2 nitrogen and oxygen atoms in total. The van der Waals surface area contributed by atoms with Crippen LogP contribution in [0.4, 0.5) is 0 Å². The second-order valence-electron chi connectivity index (χ2n) is 6.46. The van der Waals surface area contributed by atoms with Crippen molar-refractivity contribution in [3.8, 4) is 0 Å². The van der Waals surface area contributed by atoms with Crippen molar-refractivity contribution in [1.29, 1.82) is 0 Å². The van der Waals surface area contributed by atoms with E-state index in [-0.39, 0.29) is 0 Å². The number of benzene rings is 1. The zero-order valence-electron chi connectivity index (χ0n) is 11.9. The first-order valence-electron chi connectivity index (χ1n) is 7.84. The SMILES string of the molecule is C1=CC2C=C3CC4CN=Cc5cccc(c54)C3NC2C=C1. The Morgan fingerprint density at radius 2 is 2.10 bits per heavy atom. The third kappa shape index (κ3) is 1.66. The number of rotatable bonds is 0. The fourth-order valence-corrected chi connectivity index (χ4v) is 4.33. The molecule has 2 heterocycles. The molecule has 2 aliphatic carbocycles. The third-order valence-electron chi connectivity index (χ3n) is 5.25. The van der Waals surface area contributed by atoms with Gasteiger partial charge < -0.3 is 0 Å². The van der Waals surface area contributed by atoms with Gasteiger partial charge in [-0.15, -0.1) is 0 Å². The number of aliphatic imine (C=N–C) groups is 1. The zero-order valence-corrected chi connectivity index (χ0v) is 11.9. The topological polar surface area (TPSA) is 24.4 Å². The molecule has 0 spiro atoms. The van der Waals surface area contributed by atoms with Crippen LogP contribution in [0, 0.1) is 5.92 Å². The molecule has 1 N–H and O–H groups in total. The molecule has 2 heteroatoms. The molecule has 1 aromatic carbocycles. The summed E-state index contributed by atoms with van der Waals surface area (Å²) < 4.78 is 0. The van der Waals surface area contributed by atoms with Gasteiger partial charge in [-0.05, 0) is 23.1 Å². The molecule has 2 aliphatic heterocycles. The summed E-state index contributed by atoms with van der Waals surface area (Å²) in [4.78, 5) is 4.57. The van der Waals surface area contributed by atoms with Crippen LogP contribution in [0.2, 0.25) is 0 Å². The van der Waals surface area contributed by atoms with Crippen molar-refractivity contribution in [2.75, 3.05) is 6.54 Å². The lowest BCUT2D eigenvalue weighted by Gasteiger charge is -2.42. The van der Waals surface area contributed by atoms with Crippen molar-refractivity contribution >= 4 is 6.21 Å². The third-order valence-corrected chi connectivity index (χ3v) is 5.25. The van der Waals surface area contributed by atoms with Crippen LogP contribution in [0.1, 0.15) is 35.1 Å². The molecular formula is C19H18N2. The molecule has 4 unspecified atom stereocenters. The monoisotopic (exact) mass is 274 g/mol. The molecule has 1 aromatic rings. The smallest absolute Gasteiger partial charge is 0.0544 e. The lowest BCUT2D eigenvalue weighted by molar-refractivity contribution is 0.413. The van der Waals surface area contributed by atoms with E-state index >= 15 is 0 Å². The average molecular weight is 274 g/mol. The molecule has 21 heavy (non-hydrogen) atoms. The molecule has 104 valence electrons. The van der Waals surface area contributed by atoms with Gasteiger partial charge in [-0.25, -0.2) is 0 Å². The van der Waals surface area contributed by atoms with Gasteiger partial charge in [-0.2, -0.15) is 0 Å². The maximum Gasteiger partial charge on any atom is 0.0544 e. The molecule has 0 amide bonds. The summed E-state index contributed by atoms with van der Waals surface area (Å²) >= 11 is 0. The summed E-state index contributed by atoms with van der Waals surface area (Å²) in [5, 5.41) is 3.86. The lowest BCUT2D eigenvalue weighted by atomic mass is 9.71. The van der Waals surface area contributed by atoms with Crippen LogP contribution in [0.25, 0.3) is 0 Å². The summed E-state index contributed by atoms with van der Waals surface area (Å²) in [6, 6.07) is 7.51. The molecule has 4 aliphatic rings. The maximum atomic E-state index is 4.57. The molecular weight excluding hydrogens is 256 g/mol. The first-order valence-corrected chi connectivity index (χ1v) is 7.84. The Bertz CT molecular complexity index is 723. The first-order chi connectivity index (χ1) is 10.4. The van der Waals surface area contributed by atoms with Gasteiger partial charge in [0.1, 0.15) is 0 Å². The van der Waals surface area contributed by atoms with Crippen molar-refractivity contribution in [3.05, 3.63) is 70.8 Å². The van der Waals surface area contributed by atoms with E-state index in [1.165, 1.54) is 16.7 Å². The van der Waals surface area contributed by atoms with Crippen molar-refractivity contribution in [2.45, 2.75) is 24.4 Å². The van der Waals surface area contributed by atoms with Crippen molar-refractivity contribution < 1.29 is 0 Å². The highest BCUT2D eigenvalue weighted by Gasteiger charge is 2.37. The average Bonchev–Trinajstić information content (AvgIpc) is 2.54. The Kier molecular flexibility index (Phi) is 2.39. The minimum absolute atomic E-state index is 0.389. The van der Waals surface area contributed by atoms with Crippen LogP contribution in [0.3, 0.4) is 0 Å². The number of allylic oxidation sites excluding steroid dienone is 2. The van der Waals surface area contributed by atoms with Crippen molar-refractivity contribution in [1.82, 2.24) is 5.32 Å². The number of nitrogens with zero attached hydrogens (tertiary/aromatic N) is 1. The van der Waals surface area contributed by atoms with E-state index < -0.39 is 0 Å². The number of fused-ring (bicyclic) bond motifs is 3. The summed E-state index contributed by atoms with van der Waals surface area (Å²) in [7, 11) is 0. The Labute approximate surface area is 125 Å². The summed E-state index contributed by atoms with van der Waals surface area (Å²) in [5.74, 6) is 1.09. The van der Waals surface area contributed by atoms with E-state index in [9.17, 15) is 0 Å². The molecule has 0 aromatic heterocycles. The van der Waals surface area contributed by atoms with Gasteiger partial charge in [0, 0.05) is 30.6 Å². The van der Waals surface area contributed by atoms with Gasteiger partial charge in [0.2, 0.25) is 0 Å². The largest absolute Gasteiger partial charge is 0.299 e. The first kappa shape index (κ1) is 11.7. The Hall–Kier alpha value is -1.93. The highest BCUT2D eigenvalue weighted by Crippen LogP contribution is 2.46. The normalized spacial score (nSPS) is 34.8. The number of hydrogen-bond donors (Lipinski definition) is 1. The fourth-order valence-electron chi connectivity index (χ4n) is 4.33. The van der Waals surface area contributed by atoms with E-state index in [2.05, 4.69) is 65.1 Å². The quantitative estimate of drug-likeness (QED) is 0.721. The van der Waals surface area contributed by atoms with E-state index in [1.54, 1.807) is 5.57 Å². The van der Waals surface area contributed by atoms with Gasteiger partial charge in [0.05, 0.1) is 6.04 Å². The Morgan fingerprint density at radius 1 is 1.14 bits per heavy atom. The highest BCUT2D eigenvalue weighted by atomic mass is 15.0. The second kappa shape index (κ2) is 4.28. The van der Waals surface area contributed by atoms with Gasteiger partial charge >= 0.3 is 0 Å². The van der Waals surface area contributed by atoms with Crippen LogP contribution < -0.4 is 5.32 Å². The van der Waals surface area contributed by atoms with Crippen molar-refractivity contribution in [2.24, 2.45) is 10.9 Å². The van der Waals surface area contributed by atoms with E-state index in [4.69, 9.17) is 0 Å². The zero-order chi connectivity index (χ0) is 13.8. The van der Waals surface area contributed by atoms with Crippen LogP contribution in [-0.4, -0.2) is 18.8 Å². The van der Waals surface area contributed by atoms with E-state index in [0.717, 1.165) is 13.0 Å². The molecule has 0 radical (unpaired) electrons. The Balaban J connectivity index is 1.67. The summed E-state index contributed by atoms with van der Waals surface area (Å²) in [6.45, 7) is 0.942. The predicted molar refractivity (Wildman–Crippen MR) is 85.8 cm³/mol. The highest BCUT2D eigenvalue weighted by molar-refractivity contribution is 5.84. The summed E-state index contributed by atoms with van der Waals surface area (Å²) in [5.41, 5.74) is 5.90. The number of nitrogens with one attached hydrogen (secondary N) is 1. The van der Waals surface area contributed by atoms with Crippen LogP contribution in [-0.2, 0) is 0 Å². The predicted octanol–water partition coefficient (Wildman–Crippen LogP) is 3.29. The van der Waals surface area contributed by atoms with E-state index in [0.29, 0.717) is 23.9 Å². The lowest BCUT2D eigenvalue weighted by Crippen LogP contribution is -2.44. The van der Waals surface area contributed by atoms with E-state index in [1.807, 2.05) is 0 Å². The maximum absolute atomic E-state index is 4.57. The minimum Gasteiger partial charge on any atom is -0.299 e. The van der Waals surface area contributed by atoms with Crippen LogP contribution in [0.5, 0.6) is 0 Å². The molecule has 0 saturated carbocycles. The standard InChI is InChI=1S/C19H18N2/c1-2-7-17-12(4-1)8-14-9-15-11-20-10-13-5-3-6-16(18(13)15)19(14)21-17/h1-8,10,12,15,17,19,21H,9,11H2. The Morgan fingerprint density at radius 3 is 3.10 bits per heavy atom. The molecule has 4 atom stereocenters. The number of hydrogen-bond acceptors (Lipinski definition) is 2. The van der Waals surface area contributed by atoms with Gasteiger partial charge in [0.25, 0.3) is 0 Å². The van der Waals surface area contributed by atoms with Gasteiger partial charge in [-0.3, -0.25) is 10.3 Å². The minimum atomic E-state index is 0.389. The molecule has 0 fully saturated rings. The van der Waals surface area contributed by atoms with Crippen LogP contribution >= 0.6 is 0 Å². The molecule has 0 saturated heterocycles. The van der Waals surface area contributed by atoms with Gasteiger partial charge in [0.15, 0.2) is 0 Å². The van der Waals surface area contributed by atoms with Gasteiger partial charge in [-0.1, -0.05) is 54.2 Å². The summed E-state index contributed by atoms with van der Waals surface area (Å²) in [6.07, 6.45) is 14.6. The molecule has 5 rings (SSSR count). The molecule has 0 bridgehead atoms. The van der Waals surface area contributed by atoms with Crippen molar-refractivity contribution in [3.63, 3.8) is 0 Å². The van der Waals surface area contributed by atoms with Crippen LogP contribution in [0.15, 0.2) is 59.1 Å². The second-order valence-corrected chi connectivity index (χ2v) is 6.46.